The molecule has 114 valence electrons. The zero-order valence-corrected chi connectivity index (χ0v) is 12.6. The molecule has 4 nitrogen and oxygen atoms in total. The highest BCUT2D eigenvalue weighted by molar-refractivity contribution is 5.77. The number of para-hydroxylation sites is 1. The van der Waals surface area contributed by atoms with E-state index in [4.69, 9.17) is 9.47 Å². The van der Waals surface area contributed by atoms with Crippen molar-refractivity contribution in [2.24, 2.45) is 0 Å². The summed E-state index contributed by atoms with van der Waals surface area (Å²) < 4.78 is 11.3. The highest BCUT2D eigenvalue weighted by Crippen LogP contribution is 2.45. The van der Waals surface area contributed by atoms with Crippen LogP contribution in [0.25, 0.3) is 0 Å². The lowest BCUT2D eigenvalue weighted by Gasteiger charge is -2.44. The lowest BCUT2D eigenvalue weighted by molar-refractivity contribution is -0.126. The molecule has 1 N–H and O–H groups in total. The fourth-order valence-electron chi connectivity index (χ4n) is 3.62. The van der Waals surface area contributed by atoms with Gasteiger partial charge in [-0.15, -0.1) is 0 Å². The monoisotopic (exact) mass is 289 g/mol. The molecule has 1 amide bonds. The van der Waals surface area contributed by atoms with E-state index in [1.807, 2.05) is 24.3 Å². The molecule has 1 atom stereocenters. The van der Waals surface area contributed by atoms with Crippen LogP contribution in [-0.2, 0) is 9.53 Å². The molecule has 2 aliphatic rings. The number of carbonyl (C=O) groups excluding carboxylic acids is 1. The Morgan fingerprint density at radius 1 is 1.33 bits per heavy atom. The summed E-state index contributed by atoms with van der Waals surface area (Å²) in [5.41, 5.74) is 0.982. The van der Waals surface area contributed by atoms with Gasteiger partial charge in [0.2, 0.25) is 5.91 Å². The van der Waals surface area contributed by atoms with Crippen LogP contribution in [0.1, 0.15) is 50.1 Å². The van der Waals surface area contributed by atoms with Gasteiger partial charge in [-0.1, -0.05) is 24.6 Å². The molecule has 21 heavy (non-hydrogen) atoms. The minimum absolute atomic E-state index is 0.0238. The molecular weight excluding hydrogens is 266 g/mol. The normalized spacial score (nSPS) is 23.2. The third-order valence-corrected chi connectivity index (χ3v) is 4.57. The summed E-state index contributed by atoms with van der Waals surface area (Å²) in [5.74, 6) is 0.860. The van der Waals surface area contributed by atoms with Gasteiger partial charge in [0.25, 0.3) is 0 Å². The highest BCUT2D eigenvalue weighted by Gasteiger charge is 2.42. The maximum atomic E-state index is 11.9. The summed E-state index contributed by atoms with van der Waals surface area (Å²) in [6, 6.07) is 8.07. The van der Waals surface area contributed by atoms with Gasteiger partial charge in [-0.3, -0.25) is 4.79 Å². The van der Waals surface area contributed by atoms with Crippen molar-refractivity contribution >= 4 is 5.91 Å². The number of benzene rings is 1. The summed E-state index contributed by atoms with van der Waals surface area (Å²) >= 11 is 0. The van der Waals surface area contributed by atoms with Gasteiger partial charge in [0.15, 0.2) is 0 Å². The van der Waals surface area contributed by atoms with E-state index in [9.17, 15) is 4.79 Å². The molecule has 0 bridgehead atoms. The standard InChI is InChI=1S/C17H23NO3/c1-20-12-16(19)18-14-11-17(9-5-2-6-10-17)21-15-8-4-3-7-13(14)15/h3-4,7-8,14H,2,5-6,9-12H2,1H3,(H,18,19)/t14-/m1/s1. The van der Waals surface area contributed by atoms with Crippen LogP contribution in [0, 0.1) is 0 Å². The first-order valence-electron chi connectivity index (χ1n) is 7.79. The Balaban J connectivity index is 1.85. The molecule has 0 unspecified atom stereocenters. The minimum Gasteiger partial charge on any atom is -0.487 e. The highest BCUT2D eigenvalue weighted by atomic mass is 16.5. The molecular formula is C17H23NO3. The van der Waals surface area contributed by atoms with Gasteiger partial charge in [-0.25, -0.2) is 0 Å². The fraction of sp³-hybridized carbons (Fsp3) is 0.588. The van der Waals surface area contributed by atoms with Crippen LogP contribution >= 0.6 is 0 Å². The number of amides is 1. The van der Waals surface area contributed by atoms with Crippen molar-refractivity contribution in [3.8, 4) is 5.75 Å². The Kier molecular flexibility index (Phi) is 4.15. The van der Waals surface area contributed by atoms with Crippen LogP contribution in [0.5, 0.6) is 5.75 Å². The summed E-state index contributed by atoms with van der Waals surface area (Å²) in [7, 11) is 1.54. The maximum absolute atomic E-state index is 11.9. The predicted octanol–water partition coefficient (Wildman–Crippen LogP) is 2.98. The Labute approximate surface area is 125 Å². The number of hydrogen-bond donors (Lipinski definition) is 1. The van der Waals surface area contributed by atoms with E-state index in [2.05, 4.69) is 5.32 Å². The van der Waals surface area contributed by atoms with Crippen molar-refractivity contribution in [2.45, 2.75) is 50.2 Å². The number of ether oxygens (including phenoxy) is 2. The molecule has 1 aromatic rings. The summed E-state index contributed by atoms with van der Waals surface area (Å²) in [4.78, 5) is 11.9. The average molecular weight is 289 g/mol. The third kappa shape index (κ3) is 3.05. The second-order valence-electron chi connectivity index (χ2n) is 6.14. The number of fused-ring (bicyclic) bond motifs is 1. The molecule has 1 spiro atoms. The van der Waals surface area contributed by atoms with E-state index in [-0.39, 0.29) is 24.2 Å². The molecule has 1 aromatic carbocycles. The topological polar surface area (TPSA) is 47.6 Å². The lowest BCUT2D eigenvalue weighted by Crippen LogP contribution is -2.46. The Bertz CT molecular complexity index is 509. The van der Waals surface area contributed by atoms with Crippen molar-refractivity contribution in [2.75, 3.05) is 13.7 Å². The molecule has 0 aromatic heterocycles. The van der Waals surface area contributed by atoms with E-state index in [0.717, 1.165) is 30.6 Å². The zero-order valence-electron chi connectivity index (χ0n) is 12.6. The van der Waals surface area contributed by atoms with Gasteiger partial charge >= 0.3 is 0 Å². The van der Waals surface area contributed by atoms with Crippen LogP contribution < -0.4 is 10.1 Å². The van der Waals surface area contributed by atoms with Crippen molar-refractivity contribution in [1.82, 2.24) is 5.32 Å². The van der Waals surface area contributed by atoms with Gasteiger partial charge in [-0.2, -0.15) is 0 Å². The van der Waals surface area contributed by atoms with Crippen LogP contribution in [-0.4, -0.2) is 25.2 Å². The van der Waals surface area contributed by atoms with E-state index in [1.54, 1.807) is 7.11 Å². The largest absolute Gasteiger partial charge is 0.487 e. The van der Waals surface area contributed by atoms with Crippen molar-refractivity contribution in [1.29, 1.82) is 0 Å². The molecule has 1 fully saturated rings. The van der Waals surface area contributed by atoms with Crippen LogP contribution in [0.4, 0.5) is 0 Å². The van der Waals surface area contributed by atoms with E-state index >= 15 is 0 Å². The third-order valence-electron chi connectivity index (χ3n) is 4.57. The first-order chi connectivity index (χ1) is 10.2. The predicted molar refractivity (Wildman–Crippen MR) is 80.3 cm³/mol. The van der Waals surface area contributed by atoms with Gasteiger partial charge in [0.1, 0.15) is 18.0 Å². The van der Waals surface area contributed by atoms with Crippen molar-refractivity contribution < 1.29 is 14.3 Å². The molecule has 1 aliphatic carbocycles. The van der Waals surface area contributed by atoms with E-state index in [0.29, 0.717) is 0 Å². The van der Waals surface area contributed by atoms with Crippen molar-refractivity contribution in [3.63, 3.8) is 0 Å². The molecule has 1 saturated carbocycles. The van der Waals surface area contributed by atoms with Gasteiger partial charge in [0, 0.05) is 19.1 Å². The molecule has 1 aliphatic heterocycles. The first kappa shape index (κ1) is 14.4. The summed E-state index contributed by atoms with van der Waals surface area (Å²) in [6.45, 7) is 0.104. The van der Waals surface area contributed by atoms with Gasteiger partial charge in [0.05, 0.1) is 6.04 Å². The quantitative estimate of drug-likeness (QED) is 0.930. The number of nitrogens with one attached hydrogen (secondary N) is 1. The van der Waals surface area contributed by atoms with Crippen LogP contribution in [0.2, 0.25) is 0 Å². The van der Waals surface area contributed by atoms with Crippen molar-refractivity contribution in [3.05, 3.63) is 29.8 Å². The average Bonchev–Trinajstić information content (AvgIpc) is 2.48. The Hall–Kier alpha value is -1.55. The number of methoxy groups -OCH3 is 1. The molecule has 0 saturated heterocycles. The fourth-order valence-corrected chi connectivity index (χ4v) is 3.62. The maximum Gasteiger partial charge on any atom is 0.246 e. The number of carbonyl (C=O) groups is 1. The van der Waals surface area contributed by atoms with Crippen LogP contribution in [0.15, 0.2) is 24.3 Å². The van der Waals surface area contributed by atoms with E-state index in [1.165, 1.54) is 19.3 Å². The smallest absolute Gasteiger partial charge is 0.246 e. The SMILES string of the molecule is COCC(=O)N[C@@H]1CC2(CCCCC2)Oc2ccccc21. The second-order valence-corrected chi connectivity index (χ2v) is 6.14. The Morgan fingerprint density at radius 2 is 2.10 bits per heavy atom. The van der Waals surface area contributed by atoms with Crippen LogP contribution in [0.3, 0.4) is 0 Å². The Morgan fingerprint density at radius 3 is 2.86 bits per heavy atom. The number of hydrogen-bond acceptors (Lipinski definition) is 3. The van der Waals surface area contributed by atoms with Gasteiger partial charge in [-0.05, 0) is 31.7 Å². The molecule has 1 heterocycles. The lowest BCUT2D eigenvalue weighted by atomic mass is 9.77. The molecule has 3 rings (SSSR count). The summed E-state index contributed by atoms with van der Waals surface area (Å²) in [5, 5.41) is 3.10. The second kappa shape index (κ2) is 6.06. The van der Waals surface area contributed by atoms with Gasteiger partial charge < -0.3 is 14.8 Å². The molecule has 0 radical (unpaired) electrons. The zero-order chi connectivity index (χ0) is 14.7. The minimum atomic E-state index is -0.0996. The number of rotatable bonds is 3. The first-order valence-corrected chi connectivity index (χ1v) is 7.79. The molecule has 4 heteroatoms. The van der Waals surface area contributed by atoms with E-state index < -0.39 is 0 Å². The summed E-state index contributed by atoms with van der Waals surface area (Å²) in [6.07, 6.45) is 6.73.